The van der Waals surface area contributed by atoms with Gasteiger partial charge in [-0.05, 0) is 27.7 Å². The lowest BCUT2D eigenvalue weighted by molar-refractivity contribution is 0.0505. The summed E-state index contributed by atoms with van der Waals surface area (Å²) < 4.78 is 10.5. The van der Waals surface area contributed by atoms with Crippen LogP contribution < -0.4 is 16.0 Å². The standard InChI is InChI=1S/C14H24N6O3/c1-9(16-13(21)23-14(2,3)4)10-17-11(15)19-12(18-10)20-5-7-22-8-6-20/h9H,5-8H2,1-4H3,(H,16,21)(H2,15,17,18,19)/t9-/m0/s1. The summed E-state index contributed by atoms with van der Waals surface area (Å²) in [6.45, 7) is 9.78. The van der Waals surface area contributed by atoms with Crippen molar-refractivity contribution in [3.05, 3.63) is 5.82 Å². The Morgan fingerprint density at radius 2 is 1.96 bits per heavy atom. The van der Waals surface area contributed by atoms with Gasteiger partial charge in [-0.15, -0.1) is 0 Å². The van der Waals surface area contributed by atoms with Crippen molar-refractivity contribution >= 4 is 18.0 Å². The van der Waals surface area contributed by atoms with E-state index in [1.807, 2.05) is 4.90 Å². The minimum atomic E-state index is -0.569. The Morgan fingerprint density at radius 1 is 1.30 bits per heavy atom. The molecule has 0 radical (unpaired) electrons. The first kappa shape index (κ1) is 17.2. The molecule has 0 saturated carbocycles. The Morgan fingerprint density at radius 3 is 2.57 bits per heavy atom. The fraction of sp³-hybridized carbons (Fsp3) is 0.714. The number of aromatic nitrogens is 3. The lowest BCUT2D eigenvalue weighted by Gasteiger charge is -2.27. The van der Waals surface area contributed by atoms with Crippen LogP contribution in [0.1, 0.15) is 39.6 Å². The lowest BCUT2D eigenvalue weighted by Crippen LogP contribution is -2.38. The topological polar surface area (TPSA) is 115 Å². The zero-order chi connectivity index (χ0) is 17.0. The summed E-state index contributed by atoms with van der Waals surface area (Å²) in [5.74, 6) is 1.01. The third-order valence-electron chi connectivity index (χ3n) is 3.07. The van der Waals surface area contributed by atoms with Crippen molar-refractivity contribution in [2.75, 3.05) is 36.9 Å². The predicted octanol–water partition coefficient (Wildman–Crippen LogP) is 0.876. The number of nitrogens with two attached hydrogens (primary N) is 1. The van der Waals surface area contributed by atoms with Crippen molar-refractivity contribution in [3.8, 4) is 0 Å². The molecule has 1 fully saturated rings. The number of rotatable bonds is 3. The third kappa shape index (κ3) is 5.20. The first-order chi connectivity index (χ1) is 10.7. The van der Waals surface area contributed by atoms with Crippen LogP contribution in [0.15, 0.2) is 0 Å². The number of amides is 1. The van der Waals surface area contributed by atoms with Crippen LogP contribution in [0.25, 0.3) is 0 Å². The molecule has 0 aromatic carbocycles. The molecule has 1 saturated heterocycles. The Labute approximate surface area is 135 Å². The molecule has 9 nitrogen and oxygen atoms in total. The van der Waals surface area contributed by atoms with Gasteiger partial charge in [0.2, 0.25) is 11.9 Å². The van der Waals surface area contributed by atoms with Gasteiger partial charge >= 0.3 is 6.09 Å². The number of ether oxygens (including phenoxy) is 2. The van der Waals surface area contributed by atoms with Crippen LogP contribution in [-0.4, -0.2) is 52.9 Å². The molecule has 1 aromatic rings. The molecule has 0 bridgehead atoms. The van der Waals surface area contributed by atoms with E-state index in [-0.39, 0.29) is 5.95 Å². The summed E-state index contributed by atoms with van der Waals surface area (Å²) in [4.78, 5) is 26.5. The van der Waals surface area contributed by atoms with Crippen LogP contribution in [-0.2, 0) is 9.47 Å². The van der Waals surface area contributed by atoms with Crippen LogP contribution in [0.4, 0.5) is 16.7 Å². The molecule has 1 atom stereocenters. The van der Waals surface area contributed by atoms with Crippen LogP contribution >= 0.6 is 0 Å². The van der Waals surface area contributed by atoms with Gasteiger partial charge in [-0.2, -0.15) is 15.0 Å². The van der Waals surface area contributed by atoms with Crippen LogP contribution in [0.2, 0.25) is 0 Å². The summed E-state index contributed by atoms with van der Waals surface area (Å²) >= 11 is 0. The van der Waals surface area contributed by atoms with Gasteiger partial charge in [0.05, 0.1) is 19.3 Å². The fourth-order valence-electron chi connectivity index (χ4n) is 2.04. The fourth-order valence-corrected chi connectivity index (χ4v) is 2.04. The van der Waals surface area contributed by atoms with Crippen LogP contribution in [0.3, 0.4) is 0 Å². The normalized spacial score (nSPS) is 16.8. The predicted molar refractivity (Wildman–Crippen MR) is 85.1 cm³/mol. The number of nitrogens with zero attached hydrogens (tertiary/aromatic N) is 4. The second kappa shape index (κ2) is 6.95. The highest BCUT2D eigenvalue weighted by Crippen LogP contribution is 2.16. The van der Waals surface area contributed by atoms with Crippen molar-refractivity contribution in [2.24, 2.45) is 0 Å². The summed E-state index contributed by atoms with van der Waals surface area (Å²) in [5, 5.41) is 2.70. The van der Waals surface area contributed by atoms with Gasteiger partial charge < -0.3 is 25.4 Å². The molecule has 1 aliphatic heterocycles. The minimum absolute atomic E-state index is 0.120. The van der Waals surface area contributed by atoms with Gasteiger partial charge in [0.15, 0.2) is 5.82 Å². The molecular weight excluding hydrogens is 300 g/mol. The van der Waals surface area contributed by atoms with Crippen molar-refractivity contribution in [1.82, 2.24) is 20.3 Å². The molecular formula is C14H24N6O3. The second-order valence-electron chi connectivity index (χ2n) is 6.32. The quantitative estimate of drug-likeness (QED) is 0.841. The monoisotopic (exact) mass is 324 g/mol. The van der Waals surface area contributed by atoms with Gasteiger partial charge in [-0.25, -0.2) is 4.79 Å². The molecule has 1 aliphatic rings. The molecule has 0 unspecified atom stereocenters. The minimum Gasteiger partial charge on any atom is -0.444 e. The molecule has 1 amide bonds. The van der Waals surface area contributed by atoms with Crippen molar-refractivity contribution in [2.45, 2.75) is 39.3 Å². The summed E-state index contributed by atoms with van der Waals surface area (Å²) in [5.41, 5.74) is 5.20. The summed E-state index contributed by atoms with van der Waals surface area (Å²) in [6.07, 6.45) is -0.531. The largest absolute Gasteiger partial charge is 0.444 e. The maximum atomic E-state index is 11.9. The molecule has 2 heterocycles. The van der Waals surface area contributed by atoms with Crippen LogP contribution in [0, 0.1) is 0 Å². The summed E-state index contributed by atoms with van der Waals surface area (Å²) in [6, 6.07) is -0.449. The number of nitrogens with one attached hydrogen (secondary N) is 1. The first-order valence-electron chi connectivity index (χ1n) is 7.58. The van der Waals surface area contributed by atoms with Gasteiger partial charge in [-0.3, -0.25) is 0 Å². The molecule has 2 rings (SSSR count). The van der Waals surface area contributed by atoms with E-state index in [2.05, 4.69) is 20.3 Å². The van der Waals surface area contributed by atoms with Gasteiger partial charge in [0.1, 0.15) is 5.60 Å². The molecule has 3 N–H and O–H groups in total. The SMILES string of the molecule is C[C@H](NC(=O)OC(C)(C)C)c1nc(N)nc(N2CCOCC2)n1. The Balaban J connectivity index is 2.09. The van der Waals surface area contributed by atoms with E-state index >= 15 is 0 Å². The van der Waals surface area contributed by atoms with Crippen molar-refractivity contribution in [3.63, 3.8) is 0 Å². The maximum absolute atomic E-state index is 11.9. The highest BCUT2D eigenvalue weighted by Gasteiger charge is 2.22. The molecule has 0 spiro atoms. The number of hydrogen-bond donors (Lipinski definition) is 2. The molecule has 23 heavy (non-hydrogen) atoms. The zero-order valence-electron chi connectivity index (χ0n) is 14.0. The van der Waals surface area contributed by atoms with E-state index in [1.54, 1.807) is 27.7 Å². The summed E-state index contributed by atoms with van der Waals surface area (Å²) in [7, 11) is 0. The molecule has 1 aromatic heterocycles. The first-order valence-corrected chi connectivity index (χ1v) is 7.58. The number of anilines is 2. The van der Waals surface area contributed by atoms with E-state index in [9.17, 15) is 4.79 Å². The van der Waals surface area contributed by atoms with Gasteiger partial charge in [0, 0.05) is 13.1 Å². The molecule has 0 aliphatic carbocycles. The second-order valence-corrected chi connectivity index (χ2v) is 6.32. The molecule has 9 heteroatoms. The third-order valence-corrected chi connectivity index (χ3v) is 3.07. The number of carbonyl (C=O) groups is 1. The smallest absolute Gasteiger partial charge is 0.408 e. The van der Waals surface area contributed by atoms with E-state index in [0.29, 0.717) is 38.1 Å². The number of nitrogen functional groups attached to an aromatic ring is 1. The number of alkyl carbamates (subject to hydrolysis) is 1. The van der Waals surface area contributed by atoms with E-state index < -0.39 is 17.7 Å². The van der Waals surface area contributed by atoms with Gasteiger partial charge in [-0.1, -0.05) is 0 Å². The Kier molecular flexibility index (Phi) is 5.19. The Hall–Kier alpha value is -2.16. The average Bonchev–Trinajstić information content (AvgIpc) is 2.45. The van der Waals surface area contributed by atoms with Crippen LogP contribution in [0.5, 0.6) is 0 Å². The highest BCUT2D eigenvalue weighted by molar-refractivity contribution is 5.68. The number of hydrogen-bond acceptors (Lipinski definition) is 8. The van der Waals surface area contributed by atoms with E-state index in [0.717, 1.165) is 0 Å². The number of carbonyl (C=O) groups excluding carboxylic acids is 1. The highest BCUT2D eigenvalue weighted by atomic mass is 16.6. The Bertz CT molecular complexity index is 554. The molecule has 128 valence electrons. The van der Waals surface area contributed by atoms with Crippen molar-refractivity contribution < 1.29 is 14.3 Å². The maximum Gasteiger partial charge on any atom is 0.408 e. The number of morpholine rings is 1. The van der Waals surface area contributed by atoms with Crippen molar-refractivity contribution in [1.29, 1.82) is 0 Å². The van der Waals surface area contributed by atoms with E-state index in [1.165, 1.54) is 0 Å². The average molecular weight is 324 g/mol. The van der Waals surface area contributed by atoms with Gasteiger partial charge in [0.25, 0.3) is 0 Å². The van der Waals surface area contributed by atoms with E-state index in [4.69, 9.17) is 15.2 Å². The lowest BCUT2D eigenvalue weighted by atomic mass is 10.2. The zero-order valence-corrected chi connectivity index (χ0v) is 14.0.